The molecule has 0 radical (unpaired) electrons. The lowest BCUT2D eigenvalue weighted by Gasteiger charge is -2.19. The third-order valence-electron chi connectivity index (χ3n) is 3.26. The minimum absolute atomic E-state index is 0.0439. The highest BCUT2D eigenvalue weighted by molar-refractivity contribution is 4.68. The second kappa shape index (κ2) is 9.02. The van der Waals surface area contributed by atoms with E-state index in [2.05, 4.69) is 0 Å². The van der Waals surface area contributed by atoms with Gasteiger partial charge in [0.15, 0.2) is 0 Å². The number of rotatable bonds is 13. The first-order chi connectivity index (χ1) is 10.1. The Labute approximate surface area is 127 Å². The van der Waals surface area contributed by atoms with Crippen molar-refractivity contribution < 1.29 is 28.4 Å². The second-order valence-corrected chi connectivity index (χ2v) is 5.88. The summed E-state index contributed by atoms with van der Waals surface area (Å²) in [6.07, 6.45) is 0.797. The molecule has 0 aromatic heterocycles. The normalized spacial score (nSPS) is 28.1. The van der Waals surface area contributed by atoms with Gasteiger partial charge in [0, 0.05) is 0 Å². The third-order valence-corrected chi connectivity index (χ3v) is 3.26. The van der Waals surface area contributed by atoms with E-state index in [1.165, 1.54) is 0 Å². The summed E-state index contributed by atoms with van der Waals surface area (Å²) in [6.45, 7) is 10.7. The number of ether oxygens (including phenoxy) is 6. The van der Waals surface area contributed by atoms with Crippen LogP contribution in [0.25, 0.3) is 0 Å². The minimum atomic E-state index is 0.0439. The minimum Gasteiger partial charge on any atom is -0.376 e. The average molecular weight is 304 g/mol. The van der Waals surface area contributed by atoms with Crippen molar-refractivity contribution in [3.8, 4) is 0 Å². The van der Waals surface area contributed by atoms with E-state index < -0.39 is 0 Å². The smallest absolute Gasteiger partial charge is 0.104 e. The molecule has 124 valence electrons. The number of epoxide rings is 2. The van der Waals surface area contributed by atoms with E-state index in [4.69, 9.17) is 28.4 Å². The van der Waals surface area contributed by atoms with Crippen LogP contribution >= 0.6 is 0 Å². The van der Waals surface area contributed by atoms with Gasteiger partial charge in [0.05, 0.1) is 64.6 Å². The van der Waals surface area contributed by atoms with Gasteiger partial charge < -0.3 is 28.4 Å². The Bertz CT molecular complexity index is 279. The van der Waals surface area contributed by atoms with Crippen LogP contribution in [0.2, 0.25) is 0 Å². The van der Waals surface area contributed by atoms with E-state index in [0.717, 1.165) is 13.2 Å². The summed E-state index contributed by atoms with van der Waals surface area (Å²) in [7, 11) is 0. The third kappa shape index (κ3) is 8.70. The molecule has 0 aromatic carbocycles. The van der Waals surface area contributed by atoms with Gasteiger partial charge in [-0.2, -0.15) is 0 Å². The highest BCUT2D eigenvalue weighted by Crippen LogP contribution is 2.10. The monoisotopic (exact) mass is 304 g/mol. The molecule has 0 aliphatic carbocycles. The van der Waals surface area contributed by atoms with E-state index in [9.17, 15) is 0 Å². The summed E-state index contributed by atoms with van der Waals surface area (Å²) in [5.41, 5.74) is 0. The molecule has 0 saturated carbocycles. The Morgan fingerprint density at radius 1 is 0.762 bits per heavy atom. The zero-order valence-electron chi connectivity index (χ0n) is 13.3. The molecular formula is C15H28O6. The maximum atomic E-state index is 5.71. The van der Waals surface area contributed by atoms with Gasteiger partial charge in [0.1, 0.15) is 12.2 Å². The summed E-state index contributed by atoms with van der Waals surface area (Å²) in [5.74, 6) is 0. The topological polar surface area (TPSA) is 62.0 Å². The summed E-state index contributed by atoms with van der Waals surface area (Å²) in [6, 6.07) is 0. The van der Waals surface area contributed by atoms with Crippen molar-refractivity contribution in [2.45, 2.75) is 51.3 Å². The van der Waals surface area contributed by atoms with Crippen LogP contribution < -0.4 is 0 Å². The molecule has 2 heterocycles. The summed E-state index contributed by atoms with van der Waals surface area (Å²) >= 11 is 0. The lowest BCUT2D eigenvalue weighted by molar-refractivity contribution is -0.0813. The maximum absolute atomic E-state index is 5.71. The van der Waals surface area contributed by atoms with Crippen LogP contribution in [0.15, 0.2) is 0 Å². The number of hydrogen-bond acceptors (Lipinski definition) is 6. The van der Waals surface area contributed by atoms with Gasteiger partial charge in [-0.25, -0.2) is 0 Å². The fourth-order valence-electron chi connectivity index (χ4n) is 1.71. The molecule has 2 fully saturated rings. The Kier molecular flexibility index (Phi) is 7.36. The van der Waals surface area contributed by atoms with Crippen LogP contribution in [0.3, 0.4) is 0 Å². The summed E-state index contributed by atoms with van der Waals surface area (Å²) in [4.78, 5) is 0. The molecule has 0 aromatic rings. The van der Waals surface area contributed by atoms with Crippen LogP contribution in [-0.4, -0.2) is 76.8 Å². The average Bonchev–Trinajstić information content (AvgIpc) is 3.34. The molecule has 0 spiro atoms. The standard InChI is InChI=1S/C15H28O6/c1-11(4-16-7-14-9-20-14)17-5-12(2)18-6-13(3)19-8-15-10-21-15/h11-15H,4-10H2,1-3H3. The lowest BCUT2D eigenvalue weighted by Crippen LogP contribution is -2.27. The van der Waals surface area contributed by atoms with Crippen LogP contribution in [0.1, 0.15) is 20.8 Å². The molecule has 6 heteroatoms. The second-order valence-electron chi connectivity index (χ2n) is 5.88. The summed E-state index contributed by atoms with van der Waals surface area (Å²) < 4.78 is 32.7. The van der Waals surface area contributed by atoms with Gasteiger partial charge in [-0.1, -0.05) is 0 Å². The van der Waals surface area contributed by atoms with Gasteiger partial charge in [0.2, 0.25) is 0 Å². The predicted molar refractivity (Wildman–Crippen MR) is 76.5 cm³/mol. The quantitative estimate of drug-likeness (QED) is 0.473. The van der Waals surface area contributed by atoms with Gasteiger partial charge in [0.25, 0.3) is 0 Å². The Morgan fingerprint density at radius 3 is 1.81 bits per heavy atom. The molecular weight excluding hydrogens is 276 g/mol. The van der Waals surface area contributed by atoms with Crippen LogP contribution in [0.4, 0.5) is 0 Å². The van der Waals surface area contributed by atoms with Crippen molar-refractivity contribution in [1.29, 1.82) is 0 Å². The van der Waals surface area contributed by atoms with Gasteiger partial charge in [-0.15, -0.1) is 0 Å². The SMILES string of the molecule is CC(COCC1CO1)OCC(C)OCC(C)OCC1CO1. The largest absolute Gasteiger partial charge is 0.376 e. The lowest BCUT2D eigenvalue weighted by atomic mass is 10.4. The summed E-state index contributed by atoms with van der Waals surface area (Å²) in [5, 5.41) is 0. The first-order valence-electron chi connectivity index (χ1n) is 7.79. The molecule has 2 rings (SSSR count). The molecule has 0 bridgehead atoms. The molecule has 2 aliphatic heterocycles. The van der Waals surface area contributed by atoms with Crippen molar-refractivity contribution >= 4 is 0 Å². The fourth-order valence-corrected chi connectivity index (χ4v) is 1.71. The van der Waals surface area contributed by atoms with Crippen molar-refractivity contribution in [2.75, 3.05) is 46.2 Å². The van der Waals surface area contributed by atoms with E-state index in [1.54, 1.807) is 0 Å². The first-order valence-corrected chi connectivity index (χ1v) is 7.79. The van der Waals surface area contributed by atoms with Crippen molar-refractivity contribution in [3.63, 3.8) is 0 Å². The molecule has 0 amide bonds. The molecule has 5 unspecified atom stereocenters. The molecule has 2 saturated heterocycles. The molecule has 5 atom stereocenters. The fraction of sp³-hybridized carbons (Fsp3) is 1.00. The maximum Gasteiger partial charge on any atom is 0.104 e. The Morgan fingerprint density at radius 2 is 1.24 bits per heavy atom. The van der Waals surface area contributed by atoms with E-state index in [1.807, 2.05) is 20.8 Å². The van der Waals surface area contributed by atoms with Gasteiger partial charge in [-0.05, 0) is 20.8 Å². The van der Waals surface area contributed by atoms with Gasteiger partial charge >= 0.3 is 0 Å². The zero-order chi connectivity index (χ0) is 15.1. The highest BCUT2D eigenvalue weighted by atomic mass is 16.6. The van der Waals surface area contributed by atoms with Gasteiger partial charge in [-0.3, -0.25) is 0 Å². The molecule has 2 aliphatic rings. The van der Waals surface area contributed by atoms with Crippen molar-refractivity contribution in [2.24, 2.45) is 0 Å². The first kappa shape index (κ1) is 17.1. The van der Waals surface area contributed by atoms with Crippen LogP contribution in [0.5, 0.6) is 0 Å². The van der Waals surface area contributed by atoms with Crippen LogP contribution in [-0.2, 0) is 28.4 Å². The van der Waals surface area contributed by atoms with E-state index >= 15 is 0 Å². The Hall–Kier alpha value is -0.240. The predicted octanol–water partition coefficient (Wildman–Crippen LogP) is 1.02. The van der Waals surface area contributed by atoms with Crippen molar-refractivity contribution in [1.82, 2.24) is 0 Å². The molecule has 0 N–H and O–H groups in total. The van der Waals surface area contributed by atoms with Crippen LogP contribution in [0, 0.1) is 0 Å². The highest BCUT2D eigenvalue weighted by Gasteiger charge is 2.24. The number of hydrogen-bond donors (Lipinski definition) is 0. The van der Waals surface area contributed by atoms with E-state index in [0.29, 0.717) is 45.2 Å². The van der Waals surface area contributed by atoms with Crippen molar-refractivity contribution in [3.05, 3.63) is 0 Å². The zero-order valence-corrected chi connectivity index (χ0v) is 13.3. The molecule has 6 nitrogen and oxygen atoms in total. The Balaban J connectivity index is 1.40. The molecule has 21 heavy (non-hydrogen) atoms. The van der Waals surface area contributed by atoms with E-state index in [-0.39, 0.29) is 18.3 Å².